The summed E-state index contributed by atoms with van der Waals surface area (Å²) in [6.07, 6.45) is 4.01. The zero-order chi connectivity index (χ0) is 18.0. The molecule has 132 valence electrons. The van der Waals surface area contributed by atoms with E-state index in [1.165, 1.54) is 12.1 Å². The molecule has 1 amide bonds. The summed E-state index contributed by atoms with van der Waals surface area (Å²) in [5.74, 6) is -0.405. The Morgan fingerprint density at radius 1 is 1.28 bits per heavy atom. The molecule has 1 aliphatic rings. The van der Waals surface area contributed by atoms with Gasteiger partial charge in [-0.15, -0.1) is 0 Å². The first-order valence-corrected chi connectivity index (χ1v) is 8.32. The second kappa shape index (κ2) is 6.62. The van der Waals surface area contributed by atoms with Gasteiger partial charge in [0.05, 0.1) is 11.3 Å². The third-order valence-electron chi connectivity index (χ3n) is 4.56. The van der Waals surface area contributed by atoms with Crippen LogP contribution in [-0.2, 0) is 12.0 Å². The number of aryl methyl sites for hydroxylation is 2. The van der Waals surface area contributed by atoms with E-state index in [2.05, 4.69) is 20.4 Å². The fourth-order valence-electron chi connectivity index (χ4n) is 3.17. The lowest BCUT2D eigenvalue weighted by Crippen LogP contribution is -2.45. The van der Waals surface area contributed by atoms with Gasteiger partial charge in [0.2, 0.25) is 5.89 Å². The molecule has 2 N–H and O–H groups in total. The third kappa shape index (κ3) is 3.24. The van der Waals surface area contributed by atoms with Gasteiger partial charge in [-0.2, -0.15) is 4.98 Å². The SMILES string of the molecule is CCc1nc(C2(NC(=O)c3ccc(C(=O)O)c(C)n3)CCCC2)no1. The Hall–Kier alpha value is -2.77. The molecule has 1 saturated carbocycles. The Balaban J connectivity index is 1.86. The zero-order valence-corrected chi connectivity index (χ0v) is 14.2. The van der Waals surface area contributed by atoms with E-state index in [0.29, 0.717) is 23.8 Å². The van der Waals surface area contributed by atoms with Gasteiger partial charge in [-0.05, 0) is 31.9 Å². The summed E-state index contributed by atoms with van der Waals surface area (Å²) in [6.45, 7) is 3.49. The summed E-state index contributed by atoms with van der Waals surface area (Å²) in [4.78, 5) is 32.3. The lowest BCUT2D eigenvalue weighted by Gasteiger charge is -2.26. The van der Waals surface area contributed by atoms with Crippen LogP contribution in [0.5, 0.6) is 0 Å². The summed E-state index contributed by atoms with van der Waals surface area (Å²) in [6, 6.07) is 2.81. The van der Waals surface area contributed by atoms with Crippen molar-refractivity contribution in [1.29, 1.82) is 0 Å². The highest BCUT2D eigenvalue weighted by atomic mass is 16.5. The maximum Gasteiger partial charge on any atom is 0.337 e. The van der Waals surface area contributed by atoms with Crippen molar-refractivity contribution in [2.75, 3.05) is 0 Å². The Morgan fingerprint density at radius 3 is 2.56 bits per heavy atom. The van der Waals surface area contributed by atoms with Crippen molar-refractivity contribution in [3.8, 4) is 0 Å². The lowest BCUT2D eigenvalue weighted by molar-refractivity contribution is 0.0694. The lowest BCUT2D eigenvalue weighted by atomic mass is 9.96. The van der Waals surface area contributed by atoms with E-state index in [-0.39, 0.29) is 17.2 Å². The number of hydrogen-bond donors (Lipinski definition) is 2. The molecule has 0 aliphatic heterocycles. The molecule has 2 heterocycles. The number of amides is 1. The van der Waals surface area contributed by atoms with Crippen molar-refractivity contribution in [2.45, 2.75) is 51.5 Å². The van der Waals surface area contributed by atoms with Gasteiger partial charge in [-0.3, -0.25) is 4.79 Å². The molecule has 0 spiro atoms. The van der Waals surface area contributed by atoms with Gasteiger partial charge in [0, 0.05) is 6.42 Å². The summed E-state index contributed by atoms with van der Waals surface area (Å²) in [5.41, 5.74) is -0.103. The Kier molecular flexibility index (Phi) is 4.52. The average Bonchev–Trinajstić information content (AvgIpc) is 3.24. The van der Waals surface area contributed by atoms with E-state index in [0.717, 1.165) is 25.7 Å². The summed E-state index contributed by atoms with van der Waals surface area (Å²) in [5, 5.41) is 16.1. The highest BCUT2D eigenvalue weighted by Crippen LogP contribution is 2.37. The van der Waals surface area contributed by atoms with Crippen molar-refractivity contribution in [3.05, 3.63) is 40.8 Å². The fourth-order valence-corrected chi connectivity index (χ4v) is 3.17. The van der Waals surface area contributed by atoms with Crippen LogP contribution in [0.2, 0.25) is 0 Å². The number of nitrogens with one attached hydrogen (secondary N) is 1. The Bertz CT molecular complexity index is 809. The summed E-state index contributed by atoms with van der Waals surface area (Å²) in [7, 11) is 0. The van der Waals surface area contributed by atoms with Gasteiger partial charge in [0.25, 0.3) is 5.91 Å². The molecule has 2 aromatic heterocycles. The first kappa shape index (κ1) is 17.1. The molecule has 1 aliphatic carbocycles. The quantitative estimate of drug-likeness (QED) is 0.853. The van der Waals surface area contributed by atoms with Crippen molar-refractivity contribution < 1.29 is 19.2 Å². The summed E-state index contributed by atoms with van der Waals surface area (Å²) >= 11 is 0. The molecule has 0 bridgehead atoms. The molecule has 0 radical (unpaired) electrons. The standard InChI is InChI=1S/C17H20N4O4/c1-3-13-19-16(21-25-13)17(8-4-5-9-17)20-14(22)12-7-6-11(15(23)24)10(2)18-12/h6-7H,3-5,8-9H2,1-2H3,(H,20,22)(H,23,24). The number of nitrogens with zero attached hydrogens (tertiary/aromatic N) is 3. The number of carboxylic acids is 1. The van der Waals surface area contributed by atoms with Gasteiger partial charge < -0.3 is 14.9 Å². The van der Waals surface area contributed by atoms with Gasteiger partial charge in [0.1, 0.15) is 11.2 Å². The van der Waals surface area contributed by atoms with Crippen LogP contribution in [0.15, 0.2) is 16.7 Å². The van der Waals surface area contributed by atoms with Gasteiger partial charge in [0.15, 0.2) is 5.82 Å². The monoisotopic (exact) mass is 344 g/mol. The molecule has 3 rings (SSSR count). The minimum Gasteiger partial charge on any atom is -0.478 e. The highest BCUT2D eigenvalue weighted by molar-refractivity contribution is 5.94. The number of carboxylic acid groups (broad SMARTS) is 1. The molecule has 2 aromatic rings. The number of carbonyl (C=O) groups is 2. The molecular formula is C17H20N4O4. The van der Waals surface area contributed by atoms with Gasteiger partial charge in [-0.25, -0.2) is 9.78 Å². The molecule has 25 heavy (non-hydrogen) atoms. The molecule has 0 atom stereocenters. The molecule has 0 saturated heterocycles. The van der Waals surface area contributed by atoms with Crippen molar-refractivity contribution in [2.24, 2.45) is 0 Å². The van der Waals surface area contributed by atoms with Crippen molar-refractivity contribution in [1.82, 2.24) is 20.4 Å². The molecular weight excluding hydrogens is 324 g/mol. The first-order chi connectivity index (χ1) is 11.9. The predicted octanol–water partition coefficient (Wildman–Crippen LogP) is 2.23. The number of carbonyl (C=O) groups excluding carboxylic acids is 1. The van der Waals surface area contributed by atoms with Crippen LogP contribution in [0.4, 0.5) is 0 Å². The van der Waals surface area contributed by atoms with Crippen LogP contribution < -0.4 is 5.32 Å². The number of aromatic carboxylic acids is 1. The second-order valence-electron chi connectivity index (χ2n) is 6.24. The summed E-state index contributed by atoms with van der Waals surface area (Å²) < 4.78 is 5.21. The second-order valence-corrected chi connectivity index (χ2v) is 6.24. The van der Waals surface area contributed by atoms with Crippen LogP contribution >= 0.6 is 0 Å². The van der Waals surface area contributed by atoms with Crippen LogP contribution in [-0.4, -0.2) is 32.1 Å². The molecule has 8 nitrogen and oxygen atoms in total. The minimum absolute atomic E-state index is 0.0814. The largest absolute Gasteiger partial charge is 0.478 e. The average molecular weight is 344 g/mol. The van der Waals surface area contributed by atoms with Crippen molar-refractivity contribution in [3.63, 3.8) is 0 Å². The maximum absolute atomic E-state index is 12.7. The van der Waals surface area contributed by atoms with E-state index >= 15 is 0 Å². The Morgan fingerprint density at radius 2 is 2.00 bits per heavy atom. The number of aromatic nitrogens is 3. The zero-order valence-electron chi connectivity index (χ0n) is 14.2. The highest BCUT2D eigenvalue weighted by Gasteiger charge is 2.41. The fraction of sp³-hybridized carbons (Fsp3) is 0.471. The van der Waals surface area contributed by atoms with E-state index in [4.69, 9.17) is 9.63 Å². The normalized spacial score (nSPS) is 15.9. The third-order valence-corrected chi connectivity index (χ3v) is 4.56. The van der Waals surface area contributed by atoms with Crippen LogP contribution in [0, 0.1) is 6.92 Å². The molecule has 8 heteroatoms. The number of hydrogen-bond acceptors (Lipinski definition) is 6. The van der Waals surface area contributed by atoms with E-state index in [1.54, 1.807) is 6.92 Å². The van der Waals surface area contributed by atoms with Gasteiger partial charge in [-0.1, -0.05) is 24.9 Å². The topological polar surface area (TPSA) is 118 Å². The Labute approximate surface area is 144 Å². The number of rotatable bonds is 5. The van der Waals surface area contributed by atoms with E-state index < -0.39 is 11.5 Å². The molecule has 1 fully saturated rings. The van der Waals surface area contributed by atoms with E-state index in [9.17, 15) is 9.59 Å². The van der Waals surface area contributed by atoms with Crippen LogP contribution in [0.1, 0.15) is 70.9 Å². The predicted molar refractivity (Wildman–Crippen MR) is 87.2 cm³/mol. The van der Waals surface area contributed by atoms with E-state index in [1.807, 2.05) is 6.92 Å². The first-order valence-electron chi connectivity index (χ1n) is 8.32. The van der Waals surface area contributed by atoms with Crippen LogP contribution in [0.3, 0.4) is 0 Å². The minimum atomic E-state index is -1.07. The molecule has 0 unspecified atom stereocenters. The maximum atomic E-state index is 12.7. The number of pyridine rings is 1. The van der Waals surface area contributed by atoms with Crippen molar-refractivity contribution >= 4 is 11.9 Å². The smallest absolute Gasteiger partial charge is 0.337 e. The molecule has 0 aromatic carbocycles. The van der Waals surface area contributed by atoms with Crippen LogP contribution in [0.25, 0.3) is 0 Å². The van der Waals surface area contributed by atoms with Gasteiger partial charge >= 0.3 is 5.97 Å².